The van der Waals surface area contributed by atoms with Gasteiger partial charge in [-0.3, -0.25) is 0 Å². The molecule has 0 unspecified atom stereocenters. The highest BCUT2D eigenvalue weighted by Crippen LogP contribution is 2.19. The van der Waals surface area contributed by atoms with Crippen LogP contribution in [-0.4, -0.2) is 31.7 Å². The van der Waals surface area contributed by atoms with Gasteiger partial charge in [0.1, 0.15) is 11.4 Å². The maximum absolute atomic E-state index is 11.4. The third-order valence-electron chi connectivity index (χ3n) is 2.30. The number of carbonyl (C=O) groups excluding carboxylic acids is 1. The minimum Gasteiger partial charge on any atom is -0.480 e. The average Bonchev–Trinajstić information content (AvgIpc) is 2.38. The fraction of sp³-hybridized carbons (Fsp3) is 0.500. The lowest BCUT2D eigenvalue weighted by atomic mass is 10.2. The van der Waals surface area contributed by atoms with E-state index in [0.717, 1.165) is 19.4 Å². The Morgan fingerprint density at radius 1 is 1.41 bits per heavy atom. The van der Waals surface area contributed by atoms with Crippen molar-refractivity contribution in [3.63, 3.8) is 0 Å². The highest BCUT2D eigenvalue weighted by Gasteiger charge is 2.14. The van der Waals surface area contributed by atoms with E-state index in [9.17, 15) is 4.79 Å². The van der Waals surface area contributed by atoms with E-state index in [1.165, 1.54) is 14.2 Å². The van der Waals surface area contributed by atoms with Crippen molar-refractivity contribution >= 4 is 11.8 Å². The smallest absolute Gasteiger partial charge is 0.343 e. The second-order valence-electron chi connectivity index (χ2n) is 3.53. The van der Waals surface area contributed by atoms with Gasteiger partial charge < -0.3 is 14.8 Å². The maximum atomic E-state index is 11.4. The first-order valence-electron chi connectivity index (χ1n) is 5.60. The zero-order valence-electron chi connectivity index (χ0n) is 10.4. The lowest BCUT2D eigenvalue weighted by molar-refractivity contribution is 0.0596. The summed E-state index contributed by atoms with van der Waals surface area (Å²) in [6.45, 7) is 2.97. The van der Waals surface area contributed by atoms with E-state index < -0.39 is 5.97 Å². The van der Waals surface area contributed by atoms with Gasteiger partial charge in [-0.15, -0.1) is 0 Å². The molecule has 0 bridgehead atoms. The van der Waals surface area contributed by atoms with E-state index >= 15 is 0 Å². The zero-order valence-corrected chi connectivity index (χ0v) is 10.4. The maximum Gasteiger partial charge on any atom is 0.343 e. The van der Waals surface area contributed by atoms with Crippen molar-refractivity contribution in [2.45, 2.75) is 19.8 Å². The number of rotatable bonds is 6. The lowest BCUT2D eigenvalue weighted by Crippen LogP contribution is -2.08. The zero-order chi connectivity index (χ0) is 12.7. The van der Waals surface area contributed by atoms with Gasteiger partial charge in [-0.05, 0) is 18.6 Å². The van der Waals surface area contributed by atoms with Crippen LogP contribution in [0.1, 0.15) is 30.1 Å². The molecule has 0 aliphatic carbocycles. The first-order chi connectivity index (χ1) is 8.22. The predicted octanol–water partition coefficient (Wildman–Crippen LogP) is 2.09. The van der Waals surface area contributed by atoms with Gasteiger partial charge in [0.15, 0.2) is 0 Å². The highest BCUT2D eigenvalue weighted by atomic mass is 16.5. The number of anilines is 1. The summed E-state index contributed by atoms with van der Waals surface area (Å²) in [5.74, 6) is 0.524. The van der Waals surface area contributed by atoms with Crippen LogP contribution in [-0.2, 0) is 4.74 Å². The summed E-state index contributed by atoms with van der Waals surface area (Å²) < 4.78 is 9.70. The third kappa shape index (κ3) is 3.62. The number of pyridine rings is 1. The van der Waals surface area contributed by atoms with Crippen LogP contribution in [0.3, 0.4) is 0 Å². The average molecular weight is 238 g/mol. The molecule has 0 aromatic carbocycles. The topological polar surface area (TPSA) is 60.5 Å². The minimum atomic E-state index is -0.450. The second kappa shape index (κ2) is 6.73. The Kier molecular flexibility index (Phi) is 5.26. The molecule has 0 fully saturated rings. The van der Waals surface area contributed by atoms with Gasteiger partial charge in [0.05, 0.1) is 14.2 Å². The van der Waals surface area contributed by atoms with Gasteiger partial charge in [0.25, 0.3) is 0 Å². The number of methoxy groups -OCH3 is 2. The van der Waals surface area contributed by atoms with Crippen LogP contribution < -0.4 is 10.1 Å². The Balaban J connectivity index is 2.81. The first kappa shape index (κ1) is 13.3. The fourth-order valence-electron chi connectivity index (χ4n) is 1.35. The van der Waals surface area contributed by atoms with Crippen LogP contribution in [0.25, 0.3) is 0 Å². The summed E-state index contributed by atoms with van der Waals surface area (Å²) in [7, 11) is 2.81. The molecule has 5 heteroatoms. The fourth-order valence-corrected chi connectivity index (χ4v) is 1.35. The molecule has 0 amide bonds. The van der Waals surface area contributed by atoms with Crippen molar-refractivity contribution in [3.8, 4) is 5.88 Å². The van der Waals surface area contributed by atoms with Crippen molar-refractivity contribution in [2.24, 2.45) is 0 Å². The summed E-state index contributed by atoms with van der Waals surface area (Å²) in [6.07, 6.45) is 2.19. The first-order valence-corrected chi connectivity index (χ1v) is 5.60. The molecular formula is C12H18N2O3. The van der Waals surface area contributed by atoms with Gasteiger partial charge in [-0.2, -0.15) is 4.98 Å². The molecule has 1 heterocycles. The number of nitrogens with zero attached hydrogens (tertiary/aromatic N) is 1. The number of esters is 1. The molecular weight excluding hydrogens is 220 g/mol. The number of carbonyl (C=O) groups is 1. The molecule has 1 N–H and O–H groups in total. The SMILES string of the molecule is CCCCNc1ccc(C(=O)OC)c(OC)n1. The Hall–Kier alpha value is -1.78. The van der Waals surface area contributed by atoms with Crippen molar-refractivity contribution < 1.29 is 14.3 Å². The molecule has 5 nitrogen and oxygen atoms in total. The summed E-state index contributed by atoms with van der Waals surface area (Å²) in [4.78, 5) is 15.6. The van der Waals surface area contributed by atoms with E-state index in [1.807, 2.05) is 0 Å². The molecule has 1 aromatic rings. The van der Waals surface area contributed by atoms with E-state index in [-0.39, 0.29) is 5.88 Å². The van der Waals surface area contributed by atoms with E-state index in [0.29, 0.717) is 11.4 Å². The van der Waals surface area contributed by atoms with E-state index in [1.54, 1.807) is 12.1 Å². The highest BCUT2D eigenvalue weighted by molar-refractivity contribution is 5.92. The Bertz CT molecular complexity index is 380. The molecule has 0 saturated carbocycles. The Labute approximate surface area is 101 Å². The summed E-state index contributed by atoms with van der Waals surface area (Å²) >= 11 is 0. The number of hydrogen-bond acceptors (Lipinski definition) is 5. The van der Waals surface area contributed by atoms with E-state index in [2.05, 4.69) is 22.0 Å². The standard InChI is InChI=1S/C12H18N2O3/c1-4-5-8-13-10-7-6-9(12(15)17-3)11(14-10)16-2/h6-7H,4-5,8H2,1-3H3,(H,13,14). The van der Waals surface area contributed by atoms with Crippen molar-refractivity contribution in [1.29, 1.82) is 0 Å². The molecule has 0 spiro atoms. The number of aromatic nitrogens is 1. The third-order valence-corrected chi connectivity index (χ3v) is 2.30. The lowest BCUT2D eigenvalue weighted by Gasteiger charge is -2.09. The van der Waals surface area contributed by atoms with Crippen LogP contribution in [0, 0.1) is 0 Å². The molecule has 17 heavy (non-hydrogen) atoms. The van der Waals surface area contributed by atoms with Gasteiger partial charge >= 0.3 is 5.97 Å². The Morgan fingerprint density at radius 3 is 2.76 bits per heavy atom. The molecule has 0 aliphatic heterocycles. The molecule has 0 aliphatic rings. The monoisotopic (exact) mass is 238 g/mol. The number of unbranched alkanes of at least 4 members (excludes halogenated alkanes) is 1. The molecule has 1 rings (SSSR count). The van der Waals surface area contributed by atoms with Crippen molar-refractivity contribution in [2.75, 3.05) is 26.1 Å². The van der Waals surface area contributed by atoms with Gasteiger partial charge in [0.2, 0.25) is 5.88 Å². The number of hydrogen-bond donors (Lipinski definition) is 1. The van der Waals surface area contributed by atoms with Crippen LogP contribution in [0.15, 0.2) is 12.1 Å². The molecule has 0 radical (unpaired) electrons. The van der Waals surface area contributed by atoms with Crippen LogP contribution in [0.4, 0.5) is 5.82 Å². The van der Waals surface area contributed by atoms with Crippen LogP contribution >= 0.6 is 0 Å². The summed E-state index contributed by atoms with van der Waals surface area (Å²) in [5.41, 5.74) is 0.330. The van der Waals surface area contributed by atoms with Crippen LogP contribution in [0.5, 0.6) is 5.88 Å². The second-order valence-corrected chi connectivity index (χ2v) is 3.53. The quantitative estimate of drug-likeness (QED) is 0.607. The van der Waals surface area contributed by atoms with E-state index in [4.69, 9.17) is 4.74 Å². The minimum absolute atomic E-state index is 0.276. The number of nitrogens with one attached hydrogen (secondary N) is 1. The molecule has 0 saturated heterocycles. The normalized spacial score (nSPS) is 9.82. The number of ether oxygens (including phenoxy) is 2. The van der Waals surface area contributed by atoms with Gasteiger partial charge in [0, 0.05) is 6.54 Å². The Morgan fingerprint density at radius 2 is 2.18 bits per heavy atom. The summed E-state index contributed by atoms with van der Waals surface area (Å²) in [5, 5.41) is 3.16. The van der Waals surface area contributed by atoms with Gasteiger partial charge in [-0.1, -0.05) is 13.3 Å². The molecule has 94 valence electrons. The van der Waals surface area contributed by atoms with Crippen molar-refractivity contribution in [3.05, 3.63) is 17.7 Å². The predicted molar refractivity (Wildman–Crippen MR) is 65.5 cm³/mol. The largest absolute Gasteiger partial charge is 0.480 e. The summed E-state index contributed by atoms with van der Waals surface area (Å²) in [6, 6.07) is 3.39. The van der Waals surface area contributed by atoms with Crippen molar-refractivity contribution in [1.82, 2.24) is 4.98 Å². The molecule has 0 atom stereocenters. The van der Waals surface area contributed by atoms with Crippen LogP contribution in [0.2, 0.25) is 0 Å². The molecule has 1 aromatic heterocycles. The van der Waals surface area contributed by atoms with Gasteiger partial charge in [-0.25, -0.2) is 4.79 Å².